The number of para-hydroxylation sites is 1. The number of hydrogen-bond acceptors (Lipinski definition) is 5. The minimum absolute atomic E-state index is 0.0109. The lowest BCUT2D eigenvalue weighted by Gasteiger charge is -2.30. The number of amides is 2. The van der Waals surface area contributed by atoms with Crippen molar-refractivity contribution in [3.8, 4) is 5.69 Å². The zero-order valence-electron chi connectivity index (χ0n) is 18.0. The van der Waals surface area contributed by atoms with Crippen LogP contribution in [0.4, 0.5) is 5.82 Å². The Labute approximate surface area is 182 Å². The minimum Gasteiger partial charge on any atom is -0.383 e. The molecule has 1 aliphatic heterocycles. The summed E-state index contributed by atoms with van der Waals surface area (Å²) in [5, 5.41) is 10.7. The van der Waals surface area contributed by atoms with E-state index in [1.807, 2.05) is 41.1 Å². The predicted molar refractivity (Wildman–Crippen MR) is 118 cm³/mol. The molecule has 31 heavy (non-hydrogen) atoms. The van der Waals surface area contributed by atoms with Gasteiger partial charge in [0.05, 0.1) is 24.5 Å². The molecule has 4 rings (SSSR count). The van der Waals surface area contributed by atoms with Crippen LogP contribution in [0.25, 0.3) is 5.69 Å². The highest BCUT2D eigenvalue weighted by Crippen LogP contribution is 2.40. The fourth-order valence-corrected chi connectivity index (χ4v) is 3.99. The first kappa shape index (κ1) is 21.5. The van der Waals surface area contributed by atoms with Crippen LogP contribution in [0.15, 0.2) is 36.4 Å². The van der Waals surface area contributed by atoms with Crippen LogP contribution in [0.2, 0.25) is 0 Å². The van der Waals surface area contributed by atoms with Crippen LogP contribution in [0.1, 0.15) is 37.3 Å². The zero-order valence-corrected chi connectivity index (χ0v) is 18.0. The number of nitrogens with one attached hydrogen (secondary N) is 2. The van der Waals surface area contributed by atoms with E-state index in [2.05, 4.69) is 15.5 Å². The molecular formula is C23H31N5O3. The van der Waals surface area contributed by atoms with Gasteiger partial charge in [0.25, 0.3) is 0 Å². The quantitative estimate of drug-likeness (QED) is 0.601. The van der Waals surface area contributed by atoms with Gasteiger partial charge in [-0.2, -0.15) is 5.10 Å². The Bertz CT molecular complexity index is 886. The van der Waals surface area contributed by atoms with Gasteiger partial charge in [-0.1, -0.05) is 18.2 Å². The van der Waals surface area contributed by atoms with Crippen LogP contribution >= 0.6 is 0 Å². The van der Waals surface area contributed by atoms with Crippen LogP contribution < -0.4 is 10.6 Å². The molecule has 8 heteroatoms. The van der Waals surface area contributed by atoms with Gasteiger partial charge >= 0.3 is 0 Å². The Hall–Kier alpha value is -2.71. The molecule has 0 unspecified atom stereocenters. The highest BCUT2D eigenvalue weighted by Gasteiger charge is 2.29. The normalized spacial score (nSPS) is 17.5. The molecule has 1 saturated heterocycles. The van der Waals surface area contributed by atoms with Crippen LogP contribution in [0.3, 0.4) is 0 Å². The van der Waals surface area contributed by atoms with Gasteiger partial charge in [-0.05, 0) is 50.9 Å². The minimum atomic E-state index is -0.0533. The van der Waals surface area contributed by atoms with Crippen molar-refractivity contribution < 1.29 is 14.3 Å². The van der Waals surface area contributed by atoms with Crippen LogP contribution in [0, 0.1) is 5.92 Å². The van der Waals surface area contributed by atoms with Crippen LogP contribution in [-0.2, 0) is 14.3 Å². The first-order valence-corrected chi connectivity index (χ1v) is 11.1. The maximum Gasteiger partial charge on any atom is 0.239 e. The lowest BCUT2D eigenvalue weighted by molar-refractivity contribution is -0.126. The maximum absolute atomic E-state index is 12.8. The molecule has 166 valence electrons. The molecule has 2 N–H and O–H groups in total. The van der Waals surface area contributed by atoms with Gasteiger partial charge in [-0.15, -0.1) is 0 Å². The summed E-state index contributed by atoms with van der Waals surface area (Å²) < 4.78 is 6.79. The van der Waals surface area contributed by atoms with E-state index in [1.165, 1.54) is 0 Å². The molecule has 1 aromatic heterocycles. The molecule has 2 aliphatic rings. The Balaban J connectivity index is 1.31. The molecule has 2 aromatic rings. The van der Waals surface area contributed by atoms with Gasteiger partial charge in [-0.25, -0.2) is 4.68 Å². The summed E-state index contributed by atoms with van der Waals surface area (Å²) in [6, 6.07) is 11.9. The third kappa shape index (κ3) is 5.71. The van der Waals surface area contributed by atoms with Gasteiger partial charge < -0.3 is 15.4 Å². The standard InChI is InChI=1S/C23H31N5O3/c1-31-14-11-24-23(30)18-9-12-27(13-10-18)16-22(29)25-21-15-20(17-7-8-17)26-28(21)19-5-3-2-4-6-19/h2-6,15,17-18H,7-14,16H2,1H3,(H,24,30)(H,25,29). The molecule has 8 nitrogen and oxygen atoms in total. The van der Waals surface area contributed by atoms with Crippen molar-refractivity contribution in [3.05, 3.63) is 42.1 Å². The number of anilines is 1. The first-order chi connectivity index (χ1) is 15.1. The SMILES string of the molecule is COCCNC(=O)C1CCN(CC(=O)Nc2cc(C3CC3)nn2-c2ccccc2)CC1. The fraction of sp³-hybridized carbons (Fsp3) is 0.522. The van der Waals surface area contributed by atoms with E-state index in [4.69, 9.17) is 9.84 Å². The first-order valence-electron chi connectivity index (χ1n) is 11.1. The summed E-state index contributed by atoms with van der Waals surface area (Å²) in [4.78, 5) is 27.1. The van der Waals surface area contributed by atoms with E-state index in [-0.39, 0.29) is 17.7 Å². The second-order valence-corrected chi connectivity index (χ2v) is 8.36. The topological polar surface area (TPSA) is 88.5 Å². The second-order valence-electron chi connectivity index (χ2n) is 8.36. The van der Waals surface area contributed by atoms with Crippen molar-refractivity contribution >= 4 is 17.6 Å². The highest BCUT2D eigenvalue weighted by molar-refractivity contribution is 5.91. The third-order valence-electron chi connectivity index (χ3n) is 5.92. The summed E-state index contributed by atoms with van der Waals surface area (Å²) in [6.07, 6.45) is 3.85. The van der Waals surface area contributed by atoms with E-state index in [1.54, 1.807) is 7.11 Å². The molecule has 1 aliphatic carbocycles. The average Bonchev–Trinajstić information content (AvgIpc) is 3.55. The predicted octanol–water partition coefficient (Wildman–Crippen LogP) is 2.16. The molecule has 0 atom stereocenters. The number of nitrogens with zero attached hydrogens (tertiary/aromatic N) is 3. The van der Waals surface area contributed by atoms with Gasteiger partial charge in [0.1, 0.15) is 5.82 Å². The van der Waals surface area contributed by atoms with E-state index in [0.717, 1.165) is 50.2 Å². The molecule has 0 spiro atoms. The number of aromatic nitrogens is 2. The van der Waals surface area contributed by atoms with Gasteiger partial charge in [0, 0.05) is 31.6 Å². The van der Waals surface area contributed by atoms with E-state index in [9.17, 15) is 9.59 Å². The zero-order chi connectivity index (χ0) is 21.6. The molecule has 2 heterocycles. The van der Waals surface area contributed by atoms with Crippen LogP contribution in [0.5, 0.6) is 0 Å². The van der Waals surface area contributed by atoms with E-state index >= 15 is 0 Å². The molecule has 1 aromatic carbocycles. The second kappa shape index (κ2) is 10.1. The molecule has 2 amide bonds. The Morgan fingerprint density at radius 2 is 1.87 bits per heavy atom. The molecule has 0 bridgehead atoms. The molecule has 1 saturated carbocycles. The van der Waals surface area contributed by atoms with Gasteiger partial charge in [0.15, 0.2) is 0 Å². The summed E-state index contributed by atoms with van der Waals surface area (Å²) >= 11 is 0. The smallest absolute Gasteiger partial charge is 0.239 e. The number of likely N-dealkylation sites (tertiary alicyclic amines) is 1. The summed E-state index contributed by atoms with van der Waals surface area (Å²) in [6.45, 7) is 2.85. The van der Waals surface area contributed by atoms with Crippen molar-refractivity contribution in [1.82, 2.24) is 20.0 Å². The van der Waals surface area contributed by atoms with Crippen molar-refractivity contribution in [1.29, 1.82) is 0 Å². The Morgan fingerprint density at radius 3 is 2.55 bits per heavy atom. The third-order valence-corrected chi connectivity index (χ3v) is 5.92. The van der Waals surface area contributed by atoms with Crippen molar-refractivity contribution in [2.75, 3.05) is 45.2 Å². The van der Waals surface area contributed by atoms with E-state index < -0.39 is 0 Å². The lowest BCUT2D eigenvalue weighted by Crippen LogP contribution is -2.43. The molecule has 2 fully saturated rings. The average molecular weight is 426 g/mol. The number of ether oxygens (including phenoxy) is 1. The van der Waals surface area contributed by atoms with Crippen molar-refractivity contribution in [2.24, 2.45) is 5.92 Å². The summed E-state index contributed by atoms with van der Waals surface area (Å²) in [5.41, 5.74) is 1.98. The Morgan fingerprint density at radius 1 is 1.13 bits per heavy atom. The maximum atomic E-state index is 12.8. The number of carbonyl (C=O) groups excluding carboxylic acids is 2. The van der Waals surface area contributed by atoms with E-state index in [0.29, 0.717) is 31.4 Å². The number of hydrogen-bond donors (Lipinski definition) is 2. The number of methoxy groups -OCH3 is 1. The number of rotatable bonds is 9. The monoisotopic (exact) mass is 425 g/mol. The highest BCUT2D eigenvalue weighted by atomic mass is 16.5. The number of carbonyl (C=O) groups is 2. The number of benzene rings is 1. The molecular weight excluding hydrogens is 394 g/mol. The number of piperidine rings is 1. The van der Waals surface area contributed by atoms with Crippen LogP contribution in [-0.4, -0.2) is 66.4 Å². The van der Waals surface area contributed by atoms with Gasteiger partial charge in [0.2, 0.25) is 11.8 Å². The fourth-order valence-electron chi connectivity index (χ4n) is 3.99. The summed E-state index contributed by atoms with van der Waals surface area (Å²) in [5.74, 6) is 1.26. The van der Waals surface area contributed by atoms with Crippen molar-refractivity contribution in [2.45, 2.75) is 31.6 Å². The lowest BCUT2D eigenvalue weighted by atomic mass is 9.96. The van der Waals surface area contributed by atoms with Crippen molar-refractivity contribution in [3.63, 3.8) is 0 Å². The largest absolute Gasteiger partial charge is 0.383 e. The molecule has 0 radical (unpaired) electrons. The van der Waals surface area contributed by atoms with Gasteiger partial charge in [-0.3, -0.25) is 14.5 Å². The summed E-state index contributed by atoms with van der Waals surface area (Å²) in [7, 11) is 1.62. The Kier molecular flexibility index (Phi) is 6.99.